The first-order valence-corrected chi connectivity index (χ1v) is 5.64. The SMILES string of the molecule is CC1OCC(C)N(Cc2ccccc2)C1=O. The van der Waals surface area contributed by atoms with Crippen molar-refractivity contribution in [1.29, 1.82) is 0 Å². The second-order valence-corrected chi connectivity index (χ2v) is 4.28. The van der Waals surface area contributed by atoms with E-state index in [1.165, 1.54) is 0 Å². The molecule has 0 spiro atoms. The lowest BCUT2D eigenvalue weighted by atomic mass is 10.1. The molecule has 1 aliphatic heterocycles. The van der Waals surface area contributed by atoms with Gasteiger partial charge < -0.3 is 9.64 Å². The highest BCUT2D eigenvalue weighted by Crippen LogP contribution is 2.16. The van der Waals surface area contributed by atoms with Gasteiger partial charge in [0.05, 0.1) is 12.6 Å². The number of rotatable bonds is 2. The first-order valence-electron chi connectivity index (χ1n) is 5.64. The molecule has 1 amide bonds. The van der Waals surface area contributed by atoms with Crippen LogP contribution < -0.4 is 0 Å². The summed E-state index contributed by atoms with van der Waals surface area (Å²) in [6, 6.07) is 10.2. The number of amides is 1. The molecule has 3 heteroatoms. The second-order valence-electron chi connectivity index (χ2n) is 4.28. The summed E-state index contributed by atoms with van der Waals surface area (Å²) >= 11 is 0. The topological polar surface area (TPSA) is 29.5 Å². The summed E-state index contributed by atoms with van der Waals surface area (Å²) in [6.45, 7) is 5.13. The highest BCUT2D eigenvalue weighted by Gasteiger charge is 2.30. The number of carbonyl (C=O) groups excluding carboxylic acids is 1. The lowest BCUT2D eigenvalue weighted by Gasteiger charge is -2.36. The minimum Gasteiger partial charge on any atom is -0.367 e. The number of benzene rings is 1. The largest absolute Gasteiger partial charge is 0.367 e. The van der Waals surface area contributed by atoms with Crippen molar-refractivity contribution in [3.63, 3.8) is 0 Å². The standard InChI is InChI=1S/C13H17NO2/c1-10-9-16-11(2)13(15)14(10)8-12-6-4-3-5-7-12/h3-7,10-11H,8-9H2,1-2H3. The molecular formula is C13H17NO2. The van der Waals surface area contributed by atoms with E-state index in [-0.39, 0.29) is 18.1 Å². The van der Waals surface area contributed by atoms with Crippen LogP contribution in [0.1, 0.15) is 19.4 Å². The minimum absolute atomic E-state index is 0.0857. The molecule has 16 heavy (non-hydrogen) atoms. The van der Waals surface area contributed by atoms with E-state index in [9.17, 15) is 4.79 Å². The molecule has 1 fully saturated rings. The van der Waals surface area contributed by atoms with Crippen molar-refractivity contribution in [2.24, 2.45) is 0 Å². The predicted octanol–water partition coefficient (Wildman–Crippen LogP) is 1.82. The lowest BCUT2D eigenvalue weighted by Crippen LogP contribution is -2.51. The van der Waals surface area contributed by atoms with Gasteiger partial charge in [-0.1, -0.05) is 30.3 Å². The van der Waals surface area contributed by atoms with Gasteiger partial charge in [0.25, 0.3) is 5.91 Å². The second kappa shape index (κ2) is 4.66. The van der Waals surface area contributed by atoms with Crippen LogP contribution in [0.25, 0.3) is 0 Å². The first kappa shape index (κ1) is 11.1. The molecule has 0 radical (unpaired) electrons. The zero-order valence-electron chi connectivity index (χ0n) is 9.72. The zero-order valence-corrected chi connectivity index (χ0v) is 9.72. The number of morpholine rings is 1. The molecule has 1 aliphatic rings. The molecule has 0 aromatic heterocycles. The summed E-state index contributed by atoms with van der Waals surface area (Å²) in [5.41, 5.74) is 1.16. The lowest BCUT2D eigenvalue weighted by molar-refractivity contribution is -0.157. The van der Waals surface area contributed by atoms with Crippen LogP contribution >= 0.6 is 0 Å². The summed E-state index contributed by atoms with van der Waals surface area (Å²) in [5.74, 6) is 0.0857. The Hall–Kier alpha value is -1.35. The van der Waals surface area contributed by atoms with Gasteiger partial charge in [0, 0.05) is 6.54 Å². The van der Waals surface area contributed by atoms with E-state index < -0.39 is 0 Å². The number of ether oxygens (including phenoxy) is 1. The van der Waals surface area contributed by atoms with Gasteiger partial charge in [-0.05, 0) is 19.4 Å². The highest BCUT2D eigenvalue weighted by atomic mass is 16.5. The summed E-state index contributed by atoms with van der Waals surface area (Å²) in [7, 11) is 0. The number of carbonyl (C=O) groups is 1. The van der Waals surface area contributed by atoms with Crippen molar-refractivity contribution in [2.75, 3.05) is 6.61 Å². The van der Waals surface area contributed by atoms with E-state index in [0.717, 1.165) is 5.56 Å². The van der Waals surface area contributed by atoms with Crippen molar-refractivity contribution in [3.05, 3.63) is 35.9 Å². The Kier molecular flexibility index (Phi) is 3.25. The van der Waals surface area contributed by atoms with Crippen LogP contribution in [-0.4, -0.2) is 29.6 Å². The molecule has 0 aliphatic carbocycles. The summed E-state index contributed by atoms with van der Waals surface area (Å²) in [4.78, 5) is 13.8. The molecule has 1 heterocycles. The van der Waals surface area contributed by atoms with Crippen molar-refractivity contribution in [2.45, 2.75) is 32.5 Å². The maximum atomic E-state index is 11.9. The smallest absolute Gasteiger partial charge is 0.252 e. The number of hydrogen-bond donors (Lipinski definition) is 0. The predicted molar refractivity (Wildman–Crippen MR) is 61.9 cm³/mol. The van der Waals surface area contributed by atoms with Gasteiger partial charge in [-0.25, -0.2) is 0 Å². The number of hydrogen-bond acceptors (Lipinski definition) is 2. The Bertz CT molecular complexity index is 363. The van der Waals surface area contributed by atoms with Crippen LogP contribution in [0.5, 0.6) is 0 Å². The van der Waals surface area contributed by atoms with E-state index >= 15 is 0 Å². The third-order valence-corrected chi connectivity index (χ3v) is 2.95. The molecule has 0 saturated carbocycles. The third kappa shape index (κ3) is 2.25. The molecule has 3 nitrogen and oxygen atoms in total. The molecule has 0 bridgehead atoms. The molecule has 2 unspecified atom stereocenters. The van der Waals surface area contributed by atoms with E-state index in [1.807, 2.05) is 49.1 Å². The summed E-state index contributed by atoms with van der Waals surface area (Å²) in [5, 5.41) is 0. The average molecular weight is 219 g/mol. The van der Waals surface area contributed by atoms with E-state index in [1.54, 1.807) is 0 Å². The van der Waals surface area contributed by atoms with E-state index in [2.05, 4.69) is 0 Å². The van der Waals surface area contributed by atoms with E-state index in [0.29, 0.717) is 13.2 Å². The van der Waals surface area contributed by atoms with E-state index in [4.69, 9.17) is 4.74 Å². The van der Waals surface area contributed by atoms with Crippen molar-refractivity contribution in [1.82, 2.24) is 4.90 Å². The number of nitrogens with zero attached hydrogens (tertiary/aromatic N) is 1. The van der Waals surface area contributed by atoms with Gasteiger partial charge in [0.15, 0.2) is 0 Å². The summed E-state index contributed by atoms with van der Waals surface area (Å²) in [6.07, 6.45) is -0.306. The first-order chi connectivity index (χ1) is 7.68. The normalized spacial score (nSPS) is 25.9. The molecular weight excluding hydrogens is 202 g/mol. The fraction of sp³-hybridized carbons (Fsp3) is 0.462. The van der Waals surface area contributed by atoms with Gasteiger partial charge in [-0.3, -0.25) is 4.79 Å². The van der Waals surface area contributed by atoms with Gasteiger partial charge >= 0.3 is 0 Å². The molecule has 1 saturated heterocycles. The Morgan fingerprint density at radius 1 is 1.31 bits per heavy atom. The zero-order chi connectivity index (χ0) is 11.5. The van der Waals surface area contributed by atoms with Crippen LogP contribution in [0.4, 0.5) is 0 Å². The molecule has 2 rings (SSSR count). The van der Waals surface area contributed by atoms with Gasteiger partial charge in [0.2, 0.25) is 0 Å². The Labute approximate surface area is 96.0 Å². The molecule has 0 N–H and O–H groups in total. The minimum atomic E-state index is -0.306. The van der Waals surface area contributed by atoms with Crippen LogP contribution in [0.15, 0.2) is 30.3 Å². The Morgan fingerprint density at radius 2 is 2.00 bits per heavy atom. The van der Waals surface area contributed by atoms with Crippen molar-refractivity contribution in [3.8, 4) is 0 Å². The molecule has 86 valence electrons. The summed E-state index contributed by atoms with van der Waals surface area (Å²) < 4.78 is 5.38. The third-order valence-electron chi connectivity index (χ3n) is 2.95. The van der Waals surface area contributed by atoms with Gasteiger partial charge in [-0.2, -0.15) is 0 Å². The fourth-order valence-corrected chi connectivity index (χ4v) is 1.91. The van der Waals surface area contributed by atoms with Crippen LogP contribution in [0.2, 0.25) is 0 Å². The van der Waals surface area contributed by atoms with Gasteiger partial charge in [0.1, 0.15) is 6.10 Å². The maximum Gasteiger partial charge on any atom is 0.252 e. The van der Waals surface area contributed by atoms with Gasteiger partial charge in [-0.15, -0.1) is 0 Å². The Morgan fingerprint density at radius 3 is 2.69 bits per heavy atom. The van der Waals surface area contributed by atoms with Crippen molar-refractivity contribution < 1.29 is 9.53 Å². The monoisotopic (exact) mass is 219 g/mol. The van der Waals surface area contributed by atoms with Crippen LogP contribution in [0.3, 0.4) is 0 Å². The van der Waals surface area contributed by atoms with Crippen LogP contribution in [0, 0.1) is 0 Å². The highest BCUT2D eigenvalue weighted by molar-refractivity contribution is 5.81. The molecule has 1 aromatic carbocycles. The quantitative estimate of drug-likeness (QED) is 0.759. The fourth-order valence-electron chi connectivity index (χ4n) is 1.91. The average Bonchev–Trinajstić information content (AvgIpc) is 2.31. The molecule has 1 aromatic rings. The molecule has 2 atom stereocenters. The Balaban J connectivity index is 2.10. The maximum absolute atomic E-state index is 11.9. The van der Waals surface area contributed by atoms with Crippen LogP contribution in [-0.2, 0) is 16.1 Å². The van der Waals surface area contributed by atoms with Crippen molar-refractivity contribution >= 4 is 5.91 Å².